The maximum absolute atomic E-state index is 12.4. The lowest BCUT2D eigenvalue weighted by atomic mass is 9.98. The second-order valence-electron chi connectivity index (χ2n) is 6.00. The average Bonchev–Trinajstić information content (AvgIpc) is 2.66. The van der Waals surface area contributed by atoms with Crippen molar-refractivity contribution in [3.8, 4) is 11.5 Å². The van der Waals surface area contributed by atoms with Crippen molar-refractivity contribution in [1.82, 2.24) is 4.90 Å². The highest BCUT2D eigenvalue weighted by Crippen LogP contribution is 2.30. The van der Waals surface area contributed by atoms with E-state index in [1.165, 1.54) is 25.3 Å². The molecule has 0 bridgehead atoms. The van der Waals surface area contributed by atoms with Crippen LogP contribution in [-0.2, 0) is 14.3 Å². The molecule has 0 N–H and O–H groups in total. The first-order valence-corrected chi connectivity index (χ1v) is 8.71. The molecule has 1 heterocycles. The Morgan fingerprint density at radius 1 is 1.33 bits per heavy atom. The van der Waals surface area contributed by atoms with E-state index in [0.717, 1.165) is 6.42 Å². The number of benzene rings is 1. The molecule has 1 amide bonds. The molecule has 1 atom stereocenters. The van der Waals surface area contributed by atoms with E-state index in [1.54, 1.807) is 24.0 Å². The number of carbonyl (C=O) groups is 2. The highest BCUT2D eigenvalue weighted by atomic mass is 19.3. The minimum atomic E-state index is -2.95. The number of esters is 1. The van der Waals surface area contributed by atoms with Crippen molar-refractivity contribution >= 4 is 18.0 Å². The highest BCUT2D eigenvalue weighted by Gasteiger charge is 2.28. The van der Waals surface area contributed by atoms with E-state index in [-0.39, 0.29) is 29.3 Å². The summed E-state index contributed by atoms with van der Waals surface area (Å²) in [6.45, 7) is 0.0123. The van der Waals surface area contributed by atoms with Crippen LogP contribution < -0.4 is 9.47 Å². The Morgan fingerprint density at radius 3 is 2.78 bits per heavy atom. The van der Waals surface area contributed by atoms with Crippen molar-refractivity contribution in [2.24, 2.45) is 5.92 Å². The first-order valence-electron chi connectivity index (χ1n) is 8.71. The molecule has 8 heteroatoms. The molecule has 1 aliphatic heterocycles. The quantitative estimate of drug-likeness (QED) is 0.535. The minimum Gasteiger partial charge on any atom is -0.493 e. The second-order valence-corrected chi connectivity index (χ2v) is 6.00. The number of likely N-dealkylation sites (tertiary alicyclic amines) is 1. The zero-order chi connectivity index (χ0) is 19.8. The van der Waals surface area contributed by atoms with E-state index in [2.05, 4.69) is 4.74 Å². The lowest BCUT2D eigenvalue weighted by molar-refractivity contribution is -0.150. The van der Waals surface area contributed by atoms with Gasteiger partial charge in [-0.3, -0.25) is 9.59 Å². The van der Waals surface area contributed by atoms with E-state index < -0.39 is 6.61 Å². The smallest absolute Gasteiger partial charge is 0.387 e. The summed E-state index contributed by atoms with van der Waals surface area (Å²) in [4.78, 5) is 25.9. The molecule has 0 aromatic heterocycles. The predicted molar refractivity (Wildman–Crippen MR) is 94.6 cm³/mol. The molecule has 1 aromatic rings. The van der Waals surface area contributed by atoms with Gasteiger partial charge in [-0.2, -0.15) is 8.78 Å². The van der Waals surface area contributed by atoms with Crippen LogP contribution in [0.1, 0.15) is 25.3 Å². The number of hydrogen-bond acceptors (Lipinski definition) is 5. The van der Waals surface area contributed by atoms with Crippen LogP contribution in [0.15, 0.2) is 24.3 Å². The Hall–Kier alpha value is -2.64. The standard InChI is InChI=1S/C19H23F2NO5/c1-3-26-18(24)14-5-4-10-22(12-14)17(23)9-7-13-6-8-15(27-19(20)21)16(11-13)25-2/h6-9,11,14,19H,3-5,10,12H2,1-2H3/b9-7+/t14-/m0/s1. The summed E-state index contributed by atoms with van der Waals surface area (Å²) in [5.41, 5.74) is 0.598. The Balaban J connectivity index is 2.02. The molecule has 27 heavy (non-hydrogen) atoms. The van der Waals surface area contributed by atoms with Crippen molar-refractivity contribution in [2.75, 3.05) is 26.8 Å². The van der Waals surface area contributed by atoms with E-state index in [9.17, 15) is 18.4 Å². The average molecular weight is 383 g/mol. The maximum atomic E-state index is 12.4. The molecule has 0 radical (unpaired) electrons. The number of methoxy groups -OCH3 is 1. The van der Waals surface area contributed by atoms with E-state index >= 15 is 0 Å². The topological polar surface area (TPSA) is 65.1 Å². The van der Waals surface area contributed by atoms with Crippen LogP contribution in [0, 0.1) is 5.92 Å². The number of rotatable bonds is 7. The van der Waals surface area contributed by atoms with Gasteiger partial charge in [0.1, 0.15) is 0 Å². The van der Waals surface area contributed by atoms with Crippen LogP contribution in [0.2, 0.25) is 0 Å². The van der Waals surface area contributed by atoms with Crippen LogP contribution in [0.5, 0.6) is 11.5 Å². The Labute approximate surface area is 156 Å². The fourth-order valence-electron chi connectivity index (χ4n) is 2.88. The number of alkyl halides is 2. The third-order valence-electron chi connectivity index (χ3n) is 4.18. The number of carbonyl (C=O) groups excluding carboxylic acids is 2. The van der Waals surface area contributed by atoms with Crippen molar-refractivity contribution < 1.29 is 32.6 Å². The molecule has 2 rings (SSSR count). The first kappa shape index (κ1) is 20.7. The summed E-state index contributed by atoms with van der Waals surface area (Å²) >= 11 is 0. The molecule has 0 unspecified atom stereocenters. The van der Waals surface area contributed by atoms with Gasteiger partial charge in [0.15, 0.2) is 11.5 Å². The van der Waals surface area contributed by atoms with Gasteiger partial charge in [-0.25, -0.2) is 0 Å². The maximum Gasteiger partial charge on any atom is 0.387 e. The van der Waals surface area contributed by atoms with Gasteiger partial charge < -0.3 is 19.1 Å². The number of amides is 1. The van der Waals surface area contributed by atoms with Gasteiger partial charge in [-0.15, -0.1) is 0 Å². The number of hydrogen-bond donors (Lipinski definition) is 0. The van der Waals surface area contributed by atoms with Crippen molar-refractivity contribution in [2.45, 2.75) is 26.4 Å². The van der Waals surface area contributed by atoms with E-state index in [1.807, 2.05) is 0 Å². The summed E-state index contributed by atoms with van der Waals surface area (Å²) in [5.74, 6) is -0.745. The van der Waals surface area contributed by atoms with Gasteiger partial charge in [0, 0.05) is 19.2 Å². The molecular formula is C19H23F2NO5. The van der Waals surface area contributed by atoms with E-state index in [4.69, 9.17) is 9.47 Å². The Bertz CT molecular complexity index is 693. The van der Waals surface area contributed by atoms with Crippen molar-refractivity contribution in [3.63, 3.8) is 0 Å². The summed E-state index contributed by atoms with van der Waals surface area (Å²) in [6, 6.07) is 4.40. The van der Waals surface area contributed by atoms with Gasteiger partial charge in [-0.05, 0) is 43.5 Å². The molecule has 1 aliphatic rings. The molecular weight excluding hydrogens is 360 g/mol. The van der Waals surface area contributed by atoms with Crippen LogP contribution in [0.4, 0.5) is 8.78 Å². The van der Waals surface area contributed by atoms with Crippen molar-refractivity contribution in [1.29, 1.82) is 0 Å². The number of ether oxygens (including phenoxy) is 3. The molecule has 1 fully saturated rings. The largest absolute Gasteiger partial charge is 0.493 e. The zero-order valence-corrected chi connectivity index (χ0v) is 15.3. The van der Waals surface area contributed by atoms with Crippen LogP contribution in [-0.4, -0.2) is 50.2 Å². The normalized spacial score (nSPS) is 17.2. The minimum absolute atomic E-state index is 0.0794. The first-order chi connectivity index (χ1) is 12.9. The van der Waals surface area contributed by atoms with Gasteiger partial charge in [0.25, 0.3) is 0 Å². The molecule has 0 spiro atoms. The number of nitrogens with zero attached hydrogens (tertiary/aromatic N) is 1. The molecule has 1 saturated heterocycles. The third-order valence-corrected chi connectivity index (χ3v) is 4.18. The van der Waals surface area contributed by atoms with Crippen molar-refractivity contribution in [3.05, 3.63) is 29.8 Å². The van der Waals surface area contributed by atoms with Crippen LogP contribution in [0.3, 0.4) is 0 Å². The van der Waals surface area contributed by atoms with Crippen LogP contribution in [0.25, 0.3) is 6.08 Å². The SMILES string of the molecule is CCOC(=O)[C@H]1CCCN(C(=O)/C=C/c2ccc(OC(F)F)c(OC)c2)C1. The van der Waals surface area contributed by atoms with Gasteiger partial charge in [-0.1, -0.05) is 6.07 Å². The van der Waals surface area contributed by atoms with Crippen LogP contribution >= 0.6 is 0 Å². The highest BCUT2D eigenvalue weighted by molar-refractivity contribution is 5.92. The summed E-state index contributed by atoms with van der Waals surface area (Å²) in [6.07, 6.45) is 4.38. The Morgan fingerprint density at radius 2 is 2.11 bits per heavy atom. The summed E-state index contributed by atoms with van der Waals surface area (Å²) in [5, 5.41) is 0. The zero-order valence-electron chi connectivity index (χ0n) is 15.3. The molecule has 1 aromatic carbocycles. The lowest BCUT2D eigenvalue weighted by Gasteiger charge is -2.30. The fraction of sp³-hybridized carbons (Fsp3) is 0.474. The third kappa shape index (κ3) is 5.94. The summed E-state index contributed by atoms with van der Waals surface area (Å²) in [7, 11) is 1.34. The molecule has 0 saturated carbocycles. The number of piperidine rings is 1. The summed E-state index contributed by atoms with van der Waals surface area (Å²) < 4.78 is 39.1. The van der Waals surface area contributed by atoms with E-state index in [0.29, 0.717) is 31.7 Å². The Kier molecular flexibility index (Phi) is 7.57. The second kappa shape index (κ2) is 9.89. The van der Waals surface area contributed by atoms with Gasteiger partial charge >= 0.3 is 12.6 Å². The molecule has 0 aliphatic carbocycles. The molecule has 148 valence electrons. The van der Waals surface area contributed by atoms with Gasteiger partial charge in [0.2, 0.25) is 5.91 Å². The molecule has 6 nitrogen and oxygen atoms in total. The fourth-order valence-corrected chi connectivity index (χ4v) is 2.88. The monoisotopic (exact) mass is 383 g/mol. The predicted octanol–water partition coefficient (Wildman–Crippen LogP) is 3.11. The lowest BCUT2D eigenvalue weighted by Crippen LogP contribution is -2.42. The number of halogens is 2. The van der Waals surface area contributed by atoms with Gasteiger partial charge in [0.05, 0.1) is 19.6 Å².